The minimum absolute atomic E-state index is 0.0429. The van der Waals surface area contributed by atoms with Crippen LogP contribution in [0.5, 0.6) is 5.75 Å². The fraction of sp³-hybridized carbons (Fsp3) is 0.558. The van der Waals surface area contributed by atoms with Crippen molar-refractivity contribution in [2.75, 3.05) is 69.8 Å². The number of halogens is 1. The zero-order chi connectivity index (χ0) is 39.4. The van der Waals surface area contributed by atoms with Crippen molar-refractivity contribution < 1.29 is 28.0 Å². The Kier molecular flexibility index (Phi) is 12.4. The number of carbonyl (C=O) groups is 2. The van der Waals surface area contributed by atoms with E-state index in [0.717, 1.165) is 87.9 Å². The van der Waals surface area contributed by atoms with Gasteiger partial charge in [0.1, 0.15) is 15.7 Å². The van der Waals surface area contributed by atoms with Crippen molar-refractivity contribution in [1.82, 2.24) is 19.4 Å². The summed E-state index contributed by atoms with van der Waals surface area (Å²) in [5.74, 6) is 0.405. The number of benzene rings is 2. The van der Waals surface area contributed by atoms with Crippen molar-refractivity contribution in [2.24, 2.45) is 23.2 Å². The molecule has 1 saturated heterocycles. The third-order valence-corrected chi connectivity index (χ3v) is 14.7. The van der Waals surface area contributed by atoms with Crippen molar-refractivity contribution in [3.8, 4) is 5.75 Å². The number of ether oxygens (including phenoxy) is 3. The van der Waals surface area contributed by atoms with Gasteiger partial charge in [0.2, 0.25) is 5.91 Å². The number of allylic oxidation sites excluding steroid dienone is 1. The summed E-state index contributed by atoms with van der Waals surface area (Å²) in [5, 5.41) is 4.92. The Bertz CT molecular complexity index is 2090. The quantitative estimate of drug-likeness (QED) is 0.276. The summed E-state index contributed by atoms with van der Waals surface area (Å²) in [4.78, 5) is 32.1. The van der Waals surface area contributed by atoms with Crippen molar-refractivity contribution in [3.05, 3.63) is 88.2 Å². The van der Waals surface area contributed by atoms with Gasteiger partial charge < -0.3 is 19.1 Å². The normalized spacial score (nSPS) is 28.6. The van der Waals surface area contributed by atoms with E-state index >= 15 is 0 Å². The van der Waals surface area contributed by atoms with Crippen LogP contribution in [0.25, 0.3) is 0 Å². The summed E-state index contributed by atoms with van der Waals surface area (Å²) in [6.45, 7) is 6.82. The van der Waals surface area contributed by atoms with E-state index in [2.05, 4.69) is 48.3 Å². The van der Waals surface area contributed by atoms with Gasteiger partial charge in [-0.1, -0.05) is 29.8 Å². The molecule has 5 atom stereocenters. The molecule has 0 radical (unpaired) electrons. The number of nitrogens with one attached hydrogen (secondary N) is 1. The summed E-state index contributed by atoms with van der Waals surface area (Å²) >= 11 is 6.51. The van der Waals surface area contributed by atoms with E-state index in [1.165, 1.54) is 11.1 Å². The molecule has 3 aliphatic heterocycles. The Morgan fingerprint density at radius 2 is 2.00 bits per heavy atom. The van der Waals surface area contributed by atoms with Gasteiger partial charge in [-0.2, -0.15) is 5.10 Å². The van der Waals surface area contributed by atoms with Crippen molar-refractivity contribution in [1.29, 1.82) is 0 Å². The lowest BCUT2D eigenvalue weighted by Gasteiger charge is -2.46. The molecule has 2 fully saturated rings. The molecule has 1 N–H and O–H groups in total. The minimum atomic E-state index is -3.45. The molecule has 2 unspecified atom stereocenters. The number of hydrogen-bond acceptors (Lipinski definition) is 9. The molecule has 1 spiro atoms. The molecule has 57 heavy (non-hydrogen) atoms. The maximum absolute atomic E-state index is 14.5. The van der Waals surface area contributed by atoms with Gasteiger partial charge in [0, 0.05) is 74.1 Å². The van der Waals surface area contributed by atoms with E-state index in [1.807, 2.05) is 31.3 Å². The van der Waals surface area contributed by atoms with E-state index < -0.39 is 21.7 Å². The van der Waals surface area contributed by atoms with Gasteiger partial charge in [-0.3, -0.25) is 23.9 Å². The number of carbonyl (C=O) groups excluding carboxylic acids is 2. The van der Waals surface area contributed by atoms with Crippen LogP contribution in [0.2, 0.25) is 5.02 Å². The third kappa shape index (κ3) is 9.28. The van der Waals surface area contributed by atoms with Crippen molar-refractivity contribution >= 4 is 39.0 Å². The standard InChI is InChI=1S/C43H55ClN6O6S/c1-48-35(16-18-45-48)11-15-41(51)46-57(53)25-4-2-3-7-39(55-24-21-49-19-22-54-23-20-49)36-12-8-33(36)28-50-29-43(17-5-6-31-26-34(44)10-13-37(31)43)30-56-40-14-9-32(27-38(40)50)42(52)47-57/h3,7,9-10,13-14,16,18,26-27,33,36,39H,2,4-6,8,11-12,15,17,19-25,28-30H2,1H3,(H,46,47,51,52,53)/b7-3+/t33-,36+,39?,43-,57?/m0/s1. The lowest BCUT2D eigenvalue weighted by atomic mass is 9.68. The topological polar surface area (TPSA) is 128 Å². The Morgan fingerprint density at radius 1 is 1.12 bits per heavy atom. The van der Waals surface area contributed by atoms with Crippen molar-refractivity contribution in [2.45, 2.75) is 69.3 Å². The van der Waals surface area contributed by atoms with Crippen LogP contribution in [0.15, 0.2) is 65.2 Å². The number of fused-ring (bicyclic) bond motifs is 4. The number of nitrogens with zero attached hydrogens (tertiary/aromatic N) is 5. The number of amides is 2. The van der Waals surface area contributed by atoms with E-state index in [9.17, 15) is 13.8 Å². The highest BCUT2D eigenvalue weighted by molar-refractivity contribution is 7.92. The fourth-order valence-electron chi connectivity index (χ4n) is 9.30. The first-order valence-electron chi connectivity index (χ1n) is 20.6. The average Bonchev–Trinajstić information content (AvgIpc) is 3.54. The highest BCUT2D eigenvalue weighted by Gasteiger charge is 2.44. The molecule has 4 heterocycles. The Balaban J connectivity index is 1.12. The van der Waals surface area contributed by atoms with E-state index in [-0.39, 0.29) is 23.7 Å². The SMILES string of the molecule is Cn1nccc1CCC(=O)NS1(=O)=NC(=O)c2ccc3c(c2)N(C[C@@H]2CC[C@H]2C(OCCN2CCOCC2)/C=C/CCC1)C[C@@]1(CCCc2cc(Cl)ccc21)CO3. The second-order valence-electron chi connectivity index (χ2n) is 16.4. The van der Waals surface area contributed by atoms with Gasteiger partial charge in [0.25, 0.3) is 5.91 Å². The molecule has 12 nitrogen and oxygen atoms in total. The Morgan fingerprint density at radius 3 is 2.81 bits per heavy atom. The maximum Gasteiger partial charge on any atom is 0.286 e. The second kappa shape index (κ2) is 17.6. The summed E-state index contributed by atoms with van der Waals surface area (Å²) in [6, 6.07) is 13.5. The number of morpholine rings is 1. The first kappa shape index (κ1) is 40.0. The minimum Gasteiger partial charge on any atom is -0.490 e. The molecule has 14 heteroatoms. The Labute approximate surface area is 341 Å². The van der Waals surface area contributed by atoms with E-state index in [4.69, 9.17) is 25.8 Å². The molecule has 2 aliphatic carbocycles. The predicted octanol–water partition coefficient (Wildman–Crippen LogP) is 5.91. The van der Waals surface area contributed by atoms with Gasteiger partial charge in [0.15, 0.2) is 0 Å². The molecular weight excluding hydrogens is 764 g/mol. The number of rotatable bonds is 8. The van der Waals surface area contributed by atoms with Crippen LogP contribution in [0.3, 0.4) is 0 Å². The molecule has 2 aromatic carbocycles. The average molecular weight is 819 g/mol. The first-order chi connectivity index (χ1) is 27.7. The number of hydrogen-bond donors (Lipinski definition) is 1. The fourth-order valence-corrected chi connectivity index (χ4v) is 11.1. The highest BCUT2D eigenvalue weighted by atomic mass is 35.5. The van der Waals surface area contributed by atoms with Crippen LogP contribution in [-0.2, 0) is 49.5 Å². The monoisotopic (exact) mass is 818 g/mol. The van der Waals surface area contributed by atoms with Gasteiger partial charge in [-0.05, 0) is 111 Å². The molecule has 2 bridgehead atoms. The van der Waals surface area contributed by atoms with Crippen LogP contribution in [0.4, 0.5) is 5.69 Å². The summed E-state index contributed by atoms with van der Waals surface area (Å²) in [7, 11) is -1.63. The number of anilines is 1. The van der Waals surface area contributed by atoms with Crippen LogP contribution < -0.4 is 14.4 Å². The highest BCUT2D eigenvalue weighted by Crippen LogP contribution is 2.47. The van der Waals surface area contributed by atoms with Gasteiger partial charge >= 0.3 is 0 Å². The number of aryl methyl sites for hydroxylation is 3. The lowest BCUT2D eigenvalue weighted by Crippen LogP contribution is -2.50. The van der Waals surface area contributed by atoms with Gasteiger partial charge in [0.05, 0.1) is 44.0 Å². The summed E-state index contributed by atoms with van der Waals surface area (Å²) < 4.78 is 42.2. The third-order valence-electron chi connectivity index (χ3n) is 12.6. The lowest BCUT2D eigenvalue weighted by molar-refractivity contribution is -0.119. The van der Waals surface area contributed by atoms with Crippen LogP contribution in [0.1, 0.15) is 72.1 Å². The second-order valence-corrected chi connectivity index (χ2v) is 18.9. The maximum atomic E-state index is 14.5. The number of aromatic nitrogens is 2. The van der Waals surface area contributed by atoms with Gasteiger partial charge in [-0.15, -0.1) is 4.36 Å². The molecule has 1 aromatic heterocycles. The van der Waals surface area contributed by atoms with Crippen molar-refractivity contribution in [3.63, 3.8) is 0 Å². The smallest absolute Gasteiger partial charge is 0.286 e. The Hall–Kier alpha value is -3.75. The van der Waals surface area contributed by atoms with Crippen LogP contribution in [0, 0.1) is 11.8 Å². The summed E-state index contributed by atoms with van der Waals surface area (Å²) in [6.07, 6.45) is 12.7. The molecule has 2 amide bonds. The van der Waals surface area contributed by atoms with E-state index in [1.54, 1.807) is 16.9 Å². The molecule has 1 saturated carbocycles. The summed E-state index contributed by atoms with van der Waals surface area (Å²) in [5.41, 5.74) is 4.30. The molecule has 3 aromatic rings. The van der Waals surface area contributed by atoms with E-state index in [0.29, 0.717) is 62.2 Å². The molecular formula is C43H55ClN6O6S. The molecule has 306 valence electrons. The van der Waals surface area contributed by atoms with Gasteiger partial charge in [-0.25, -0.2) is 4.21 Å². The van der Waals surface area contributed by atoms with Crippen LogP contribution >= 0.6 is 11.6 Å². The largest absolute Gasteiger partial charge is 0.490 e. The molecule has 5 aliphatic rings. The molecule has 8 rings (SSSR count). The first-order valence-corrected chi connectivity index (χ1v) is 22.7. The zero-order valence-corrected chi connectivity index (χ0v) is 34.5. The zero-order valence-electron chi connectivity index (χ0n) is 32.9. The van der Waals surface area contributed by atoms with Crippen LogP contribution in [-0.4, -0.2) is 102 Å². The predicted molar refractivity (Wildman–Crippen MR) is 221 cm³/mol.